The standard InChI is InChI=1S/C17H20N2O3/c1-19(11-14-6-4-8-18-10-14)16(17(20)21)15-7-3-5-13(9-15)12-22-2/h3-10,16H,11-12H2,1-2H3,(H,20,21)/t16-/m0/s1. The summed E-state index contributed by atoms with van der Waals surface area (Å²) in [7, 11) is 3.42. The molecule has 2 aromatic rings. The predicted molar refractivity (Wildman–Crippen MR) is 83.2 cm³/mol. The number of rotatable bonds is 7. The van der Waals surface area contributed by atoms with E-state index in [0.717, 1.165) is 16.7 Å². The Kier molecular flexibility index (Phi) is 5.63. The zero-order chi connectivity index (χ0) is 15.9. The van der Waals surface area contributed by atoms with Crippen molar-refractivity contribution in [1.82, 2.24) is 9.88 Å². The zero-order valence-electron chi connectivity index (χ0n) is 12.8. The van der Waals surface area contributed by atoms with Crippen LogP contribution in [0.15, 0.2) is 48.8 Å². The van der Waals surface area contributed by atoms with Gasteiger partial charge in [-0.25, -0.2) is 0 Å². The first-order valence-electron chi connectivity index (χ1n) is 7.01. The highest BCUT2D eigenvalue weighted by Crippen LogP contribution is 2.23. The van der Waals surface area contributed by atoms with Gasteiger partial charge in [0.2, 0.25) is 0 Å². The monoisotopic (exact) mass is 300 g/mol. The molecule has 0 unspecified atom stereocenters. The van der Waals surface area contributed by atoms with Gasteiger partial charge in [0.05, 0.1) is 6.61 Å². The van der Waals surface area contributed by atoms with Crippen molar-refractivity contribution in [2.45, 2.75) is 19.2 Å². The van der Waals surface area contributed by atoms with Gasteiger partial charge in [-0.05, 0) is 29.8 Å². The number of methoxy groups -OCH3 is 1. The molecule has 0 spiro atoms. The van der Waals surface area contributed by atoms with Gasteiger partial charge in [-0.1, -0.05) is 30.3 Å². The second-order valence-corrected chi connectivity index (χ2v) is 5.20. The summed E-state index contributed by atoms with van der Waals surface area (Å²) >= 11 is 0. The summed E-state index contributed by atoms with van der Waals surface area (Å²) in [4.78, 5) is 17.6. The largest absolute Gasteiger partial charge is 0.480 e. The van der Waals surface area contributed by atoms with E-state index in [-0.39, 0.29) is 0 Å². The molecule has 1 N–H and O–H groups in total. The first-order valence-corrected chi connectivity index (χ1v) is 7.01. The molecule has 22 heavy (non-hydrogen) atoms. The Hall–Kier alpha value is -2.24. The summed E-state index contributed by atoms with van der Waals surface area (Å²) in [5, 5.41) is 9.61. The third kappa shape index (κ3) is 4.13. The number of benzene rings is 1. The smallest absolute Gasteiger partial charge is 0.325 e. The van der Waals surface area contributed by atoms with Crippen LogP contribution in [0.2, 0.25) is 0 Å². The average molecular weight is 300 g/mol. The van der Waals surface area contributed by atoms with Crippen molar-refractivity contribution in [3.63, 3.8) is 0 Å². The molecule has 0 saturated heterocycles. The second kappa shape index (κ2) is 7.68. The molecule has 0 aliphatic carbocycles. The van der Waals surface area contributed by atoms with Crippen LogP contribution in [0.3, 0.4) is 0 Å². The second-order valence-electron chi connectivity index (χ2n) is 5.20. The van der Waals surface area contributed by atoms with Gasteiger partial charge < -0.3 is 9.84 Å². The van der Waals surface area contributed by atoms with Crippen molar-refractivity contribution >= 4 is 5.97 Å². The van der Waals surface area contributed by atoms with E-state index in [1.807, 2.05) is 36.4 Å². The van der Waals surface area contributed by atoms with E-state index in [4.69, 9.17) is 4.74 Å². The van der Waals surface area contributed by atoms with Crippen molar-refractivity contribution in [2.24, 2.45) is 0 Å². The van der Waals surface area contributed by atoms with Crippen molar-refractivity contribution in [3.05, 3.63) is 65.5 Å². The van der Waals surface area contributed by atoms with E-state index in [9.17, 15) is 9.90 Å². The Balaban J connectivity index is 2.22. The Morgan fingerprint density at radius 3 is 2.73 bits per heavy atom. The van der Waals surface area contributed by atoms with Crippen LogP contribution in [0, 0.1) is 0 Å². The Bertz CT molecular complexity index is 616. The molecule has 0 bridgehead atoms. The first-order chi connectivity index (χ1) is 10.6. The van der Waals surface area contributed by atoms with E-state index in [1.165, 1.54) is 0 Å². The van der Waals surface area contributed by atoms with Crippen molar-refractivity contribution in [1.29, 1.82) is 0 Å². The van der Waals surface area contributed by atoms with Crippen LogP contribution >= 0.6 is 0 Å². The summed E-state index contributed by atoms with van der Waals surface area (Å²) in [5.74, 6) is -0.874. The molecule has 0 aliphatic rings. The van der Waals surface area contributed by atoms with Crippen LogP contribution in [0.5, 0.6) is 0 Å². The quantitative estimate of drug-likeness (QED) is 0.851. The maximum Gasteiger partial charge on any atom is 0.325 e. The number of carboxylic acid groups (broad SMARTS) is 1. The zero-order valence-corrected chi connectivity index (χ0v) is 12.8. The van der Waals surface area contributed by atoms with Crippen LogP contribution in [0.4, 0.5) is 0 Å². The predicted octanol–water partition coefficient (Wildman–Crippen LogP) is 2.49. The molecule has 0 radical (unpaired) electrons. The molecule has 116 valence electrons. The fourth-order valence-corrected chi connectivity index (χ4v) is 2.48. The van der Waals surface area contributed by atoms with Crippen LogP contribution < -0.4 is 0 Å². The minimum atomic E-state index is -0.874. The number of ether oxygens (including phenoxy) is 1. The number of carboxylic acids is 1. The first kappa shape index (κ1) is 16.1. The fourth-order valence-electron chi connectivity index (χ4n) is 2.48. The molecule has 5 heteroatoms. The third-order valence-electron chi connectivity index (χ3n) is 3.41. The van der Waals surface area contributed by atoms with Gasteiger partial charge >= 0.3 is 5.97 Å². The molecule has 0 amide bonds. The highest BCUT2D eigenvalue weighted by atomic mass is 16.5. The lowest BCUT2D eigenvalue weighted by Crippen LogP contribution is -2.30. The maximum absolute atomic E-state index is 11.7. The highest BCUT2D eigenvalue weighted by molar-refractivity contribution is 5.75. The molecule has 1 heterocycles. The molecule has 0 saturated carbocycles. The molecular formula is C17H20N2O3. The van der Waals surface area contributed by atoms with E-state index in [2.05, 4.69) is 4.98 Å². The molecule has 2 rings (SSSR count). The Morgan fingerprint density at radius 1 is 1.32 bits per heavy atom. The fraction of sp³-hybridized carbons (Fsp3) is 0.294. The Labute approximate surface area is 130 Å². The van der Waals surface area contributed by atoms with Crippen LogP contribution in [-0.2, 0) is 22.7 Å². The topological polar surface area (TPSA) is 62.7 Å². The van der Waals surface area contributed by atoms with Gasteiger partial charge in [-0.15, -0.1) is 0 Å². The number of carbonyl (C=O) groups is 1. The van der Waals surface area contributed by atoms with E-state index in [1.54, 1.807) is 31.5 Å². The summed E-state index contributed by atoms with van der Waals surface area (Å²) in [6.07, 6.45) is 3.45. The molecule has 0 aliphatic heterocycles. The van der Waals surface area contributed by atoms with Gasteiger partial charge in [-0.3, -0.25) is 14.7 Å². The molecule has 0 fully saturated rings. The van der Waals surface area contributed by atoms with Gasteiger partial charge in [0, 0.05) is 26.0 Å². The number of aromatic nitrogens is 1. The van der Waals surface area contributed by atoms with Crippen LogP contribution in [0.25, 0.3) is 0 Å². The normalized spacial score (nSPS) is 12.3. The van der Waals surface area contributed by atoms with E-state index in [0.29, 0.717) is 13.2 Å². The minimum absolute atomic E-state index is 0.465. The lowest BCUT2D eigenvalue weighted by Gasteiger charge is -2.25. The highest BCUT2D eigenvalue weighted by Gasteiger charge is 2.25. The maximum atomic E-state index is 11.7. The van der Waals surface area contributed by atoms with Crippen LogP contribution in [-0.4, -0.2) is 35.1 Å². The van der Waals surface area contributed by atoms with E-state index >= 15 is 0 Å². The number of hydrogen-bond donors (Lipinski definition) is 1. The molecule has 5 nitrogen and oxygen atoms in total. The van der Waals surface area contributed by atoms with Gasteiger partial charge in [-0.2, -0.15) is 0 Å². The van der Waals surface area contributed by atoms with E-state index < -0.39 is 12.0 Å². The third-order valence-corrected chi connectivity index (χ3v) is 3.41. The number of likely N-dealkylation sites (N-methyl/N-ethyl adjacent to an activating group) is 1. The van der Waals surface area contributed by atoms with Gasteiger partial charge in [0.1, 0.15) is 6.04 Å². The lowest BCUT2D eigenvalue weighted by molar-refractivity contribution is -0.143. The molecule has 1 aromatic heterocycles. The average Bonchev–Trinajstić information content (AvgIpc) is 2.48. The summed E-state index contributed by atoms with van der Waals surface area (Å²) < 4.78 is 5.11. The summed E-state index contributed by atoms with van der Waals surface area (Å²) in [6, 6.07) is 10.6. The number of nitrogens with zero attached hydrogens (tertiary/aromatic N) is 2. The molecule has 1 aromatic carbocycles. The van der Waals surface area contributed by atoms with Gasteiger partial charge in [0.25, 0.3) is 0 Å². The molecule has 1 atom stereocenters. The minimum Gasteiger partial charge on any atom is -0.480 e. The summed E-state index contributed by atoms with van der Waals surface area (Å²) in [6.45, 7) is 0.978. The van der Waals surface area contributed by atoms with Crippen molar-refractivity contribution < 1.29 is 14.6 Å². The lowest BCUT2D eigenvalue weighted by atomic mass is 10.0. The van der Waals surface area contributed by atoms with Crippen molar-refractivity contribution in [2.75, 3.05) is 14.2 Å². The van der Waals surface area contributed by atoms with Crippen molar-refractivity contribution in [3.8, 4) is 0 Å². The number of hydrogen-bond acceptors (Lipinski definition) is 4. The molecular weight excluding hydrogens is 280 g/mol. The number of pyridine rings is 1. The SMILES string of the molecule is COCc1cccc([C@@H](C(=O)O)N(C)Cc2cccnc2)c1. The van der Waals surface area contributed by atoms with Gasteiger partial charge in [0.15, 0.2) is 0 Å². The Morgan fingerprint density at radius 2 is 2.09 bits per heavy atom. The summed E-state index contributed by atoms with van der Waals surface area (Å²) in [5.41, 5.74) is 2.68. The van der Waals surface area contributed by atoms with Crippen LogP contribution in [0.1, 0.15) is 22.7 Å². The number of aliphatic carboxylic acids is 1.